The van der Waals surface area contributed by atoms with E-state index in [4.69, 9.17) is 11.6 Å². The SMILES string of the molecule is Cc1ccc(S(=O)(=O)N(CC(=O)N(Cc2ccccc2)[C@H](Cc2ccccc2)C(=O)NC2CCCCC2)c2ccccc2Cl)cc1. The maximum absolute atomic E-state index is 14.6. The monoisotopic (exact) mass is 657 g/mol. The third-order valence-electron chi connectivity index (χ3n) is 8.43. The normalized spacial score (nSPS) is 14.3. The van der Waals surface area contributed by atoms with Crippen LogP contribution in [0.15, 0.2) is 114 Å². The summed E-state index contributed by atoms with van der Waals surface area (Å²) in [5.41, 5.74) is 2.81. The number of halogens is 1. The number of carbonyl (C=O) groups is 2. The van der Waals surface area contributed by atoms with Gasteiger partial charge < -0.3 is 10.2 Å². The predicted octanol–water partition coefficient (Wildman–Crippen LogP) is 6.93. The second-order valence-electron chi connectivity index (χ2n) is 11.8. The topological polar surface area (TPSA) is 86.8 Å². The summed E-state index contributed by atoms with van der Waals surface area (Å²) in [5.74, 6) is -0.759. The Labute approximate surface area is 277 Å². The van der Waals surface area contributed by atoms with Crippen molar-refractivity contribution in [2.75, 3.05) is 10.8 Å². The molecule has 0 bridgehead atoms. The van der Waals surface area contributed by atoms with E-state index in [0.717, 1.165) is 53.1 Å². The maximum Gasteiger partial charge on any atom is 0.264 e. The fourth-order valence-corrected chi connectivity index (χ4v) is 7.60. The van der Waals surface area contributed by atoms with E-state index >= 15 is 0 Å². The summed E-state index contributed by atoms with van der Waals surface area (Å²) >= 11 is 6.56. The van der Waals surface area contributed by atoms with E-state index in [0.29, 0.717) is 0 Å². The zero-order valence-electron chi connectivity index (χ0n) is 26.0. The van der Waals surface area contributed by atoms with Gasteiger partial charge in [0.15, 0.2) is 0 Å². The third kappa shape index (κ3) is 8.36. The number of benzene rings is 4. The van der Waals surface area contributed by atoms with Crippen molar-refractivity contribution >= 4 is 39.1 Å². The fourth-order valence-electron chi connectivity index (χ4n) is 5.88. The molecule has 240 valence electrons. The lowest BCUT2D eigenvalue weighted by atomic mass is 9.94. The number of rotatable bonds is 12. The summed E-state index contributed by atoms with van der Waals surface area (Å²) in [6.45, 7) is 1.45. The van der Waals surface area contributed by atoms with Crippen molar-refractivity contribution in [3.05, 3.63) is 131 Å². The summed E-state index contributed by atoms with van der Waals surface area (Å²) in [7, 11) is -4.22. The number of anilines is 1. The number of nitrogens with one attached hydrogen (secondary N) is 1. The largest absolute Gasteiger partial charge is 0.352 e. The van der Waals surface area contributed by atoms with Crippen LogP contribution in [0.5, 0.6) is 0 Å². The van der Waals surface area contributed by atoms with Crippen LogP contribution < -0.4 is 9.62 Å². The zero-order valence-corrected chi connectivity index (χ0v) is 27.6. The number of aryl methyl sites for hydroxylation is 1. The van der Waals surface area contributed by atoms with Gasteiger partial charge >= 0.3 is 0 Å². The van der Waals surface area contributed by atoms with Gasteiger partial charge in [0.25, 0.3) is 10.0 Å². The van der Waals surface area contributed by atoms with Gasteiger partial charge in [0.05, 0.1) is 15.6 Å². The minimum atomic E-state index is -4.22. The standard InChI is InChI=1S/C37H40ClN3O4S/c1-28-21-23-32(24-22-28)46(44,45)41(34-20-12-11-19-33(34)38)27-36(42)40(26-30-15-7-3-8-16-30)35(25-29-13-5-2-6-14-29)37(43)39-31-17-9-4-10-18-31/h2-3,5-8,11-16,19-24,31,35H,4,9-10,17-18,25-27H2,1H3,(H,39,43)/t35-/m1/s1. The van der Waals surface area contributed by atoms with Crippen LogP contribution in [0.3, 0.4) is 0 Å². The molecule has 0 aliphatic heterocycles. The van der Waals surface area contributed by atoms with Crippen molar-refractivity contribution in [3.63, 3.8) is 0 Å². The van der Waals surface area contributed by atoms with Crippen LogP contribution in [0.2, 0.25) is 5.02 Å². The molecule has 1 atom stereocenters. The van der Waals surface area contributed by atoms with Gasteiger partial charge in [-0.1, -0.05) is 121 Å². The van der Waals surface area contributed by atoms with Crippen LogP contribution in [0.25, 0.3) is 0 Å². The number of para-hydroxylation sites is 1. The number of carbonyl (C=O) groups excluding carboxylic acids is 2. The Kier molecular flexibility index (Phi) is 11.1. The molecular formula is C37H40ClN3O4S. The molecule has 4 aromatic rings. The van der Waals surface area contributed by atoms with Gasteiger partial charge in [0, 0.05) is 19.0 Å². The molecule has 1 fully saturated rings. The Hall–Kier alpha value is -4.14. The molecule has 7 nitrogen and oxygen atoms in total. The van der Waals surface area contributed by atoms with Crippen LogP contribution in [0.4, 0.5) is 5.69 Å². The maximum atomic E-state index is 14.6. The van der Waals surface area contributed by atoms with Gasteiger partial charge in [0.1, 0.15) is 12.6 Å². The number of hydrogen-bond donors (Lipinski definition) is 1. The predicted molar refractivity (Wildman–Crippen MR) is 183 cm³/mol. The molecule has 46 heavy (non-hydrogen) atoms. The zero-order chi connectivity index (χ0) is 32.5. The van der Waals surface area contributed by atoms with Crippen LogP contribution >= 0.6 is 11.6 Å². The van der Waals surface area contributed by atoms with Crippen molar-refractivity contribution in [3.8, 4) is 0 Å². The van der Waals surface area contributed by atoms with Crippen molar-refractivity contribution in [2.24, 2.45) is 0 Å². The van der Waals surface area contributed by atoms with Crippen molar-refractivity contribution in [1.82, 2.24) is 10.2 Å². The first-order chi connectivity index (χ1) is 22.2. The third-order valence-corrected chi connectivity index (χ3v) is 10.5. The summed E-state index contributed by atoms with van der Waals surface area (Å²) in [4.78, 5) is 30.3. The lowest BCUT2D eigenvalue weighted by molar-refractivity contribution is -0.140. The molecule has 0 radical (unpaired) electrons. The van der Waals surface area contributed by atoms with Gasteiger partial charge in [-0.15, -0.1) is 0 Å². The molecule has 5 rings (SSSR count). The highest BCUT2D eigenvalue weighted by molar-refractivity contribution is 7.92. The quantitative estimate of drug-likeness (QED) is 0.179. The minimum absolute atomic E-state index is 0.0368. The lowest BCUT2D eigenvalue weighted by Crippen LogP contribution is -2.55. The second-order valence-corrected chi connectivity index (χ2v) is 14.1. The van der Waals surface area contributed by atoms with Gasteiger partial charge in [-0.3, -0.25) is 13.9 Å². The van der Waals surface area contributed by atoms with E-state index in [1.54, 1.807) is 36.4 Å². The van der Waals surface area contributed by atoms with Crippen molar-refractivity contribution in [1.29, 1.82) is 0 Å². The average molecular weight is 658 g/mol. The number of nitrogens with zero attached hydrogens (tertiary/aromatic N) is 2. The molecule has 1 aliphatic carbocycles. The summed E-state index contributed by atoms with van der Waals surface area (Å²) in [6, 6.07) is 31.2. The Morgan fingerprint density at radius 1 is 0.804 bits per heavy atom. The summed E-state index contributed by atoms with van der Waals surface area (Å²) < 4.78 is 29.4. The molecule has 0 unspecified atom stereocenters. The van der Waals surface area contributed by atoms with E-state index in [9.17, 15) is 18.0 Å². The number of sulfonamides is 1. The van der Waals surface area contributed by atoms with Gasteiger partial charge in [-0.05, 0) is 55.2 Å². The molecule has 1 aliphatic rings. The van der Waals surface area contributed by atoms with Gasteiger partial charge in [-0.25, -0.2) is 8.42 Å². The Bertz CT molecular complexity index is 1710. The summed E-state index contributed by atoms with van der Waals surface area (Å²) in [5, 5.41) is 3.42. The highest BCUT2D eigenvalue weighted by atomic mass is 35.5. The van der Waals surface area contributed by atoms with Gasteiger partial charge in [-0.2, -0.15) is 0 Å². The van der Waals surface area contributed by atoms with Crippen molar-refractivity contribution in [2.45, 2.75) is 69.0 Å². The number of amides is 2. The lowest BCUT2D eigenvalue weighted by Gasteiger charge is -2.35. The first kappa shape index (κ1) is 33.2. The number of hydrogen-bond acceptors (Lipinski definition) is 4. The molecule has 4 aromatic carbocycles. The molecule has 0 aromatic heterocycles. The van der Waals surface area contributed by atoms with E-state index in [1.807, 2.05) is 67.6 Å². The van der Waals surface area contributed by atoms with E-state index in [-0.39, 0.29) is 40.5 Å². The molecular weight excluding hydrogens is 618 g/mol. The van der Waals surface area contributed by atoms with E-state index in [1.165, 1.54) is 17.0 Å². The second kappa shape index (κ2) is 15.4. The first-order valence-corrected chi connectivity index (χ1v) is 17.6. The van der Waals surface area contributed by atoms with Gasteiger partial charge in [0.2, 0.25) is 11.8 Å². The Morgan fingerprint density at radius 2 is 1.39 bits per heavy atom. The average Bonchev–Trinajstić information content (AvgIpc) is 3.07. The molecule has 0 spiro atoms. The summed E-state index contributed by atoms with van der Waals surface area (Å²) in [6.07, 6.45) is 5.30. The van der Waals surface area contributed by atoms with Crippen molar-refractivity contribution < 1.29 is 18.0 Å². The highest BCUT2D eigenvalue weighted by Gasteiger charge is 2.36. The van der Waals surface area contributed by atoms with Crippen LogP contribution in [0, 0.1) is 6.92 Å². The molecule has 0 saturated heterocycles. The Balaban J connectivity index is 1.55. The molecule has 1 N–H and O–H groups in total. The van der Waals surface area contributed by atoms with E-state index < -0.39 is 28.5 Å². The minimum Gasteiger partial charge on any atom is -0.352 e. The fraction of sp³-hybridized carbons (Fsp3) is 0.297. The highest BCUT2D eigenvalue weighted by Crippen LogP contribution is 2.31. The smallest absolute Gasteiger partial charge is 0.264 e. The molecule has 0 heterocycles. The van der Waals surface area contributed by atoms with Crippen LogP contribution in [0.1, 0.15) is 48.8 Å². The molecule has 1 saturated carbocycles. The Morgan fingerprint density at radius 3 is 2.02 bits per heavy atom. The molecule has 9 heteroatoms. The van der Waals surface area contributed by atoms with E-state index in [2.05, 4.69) is 5.32 Å². The van der Waals surface area contributed by atoms with Crippen LogP contribution in [-0.2, 0) is 32.6 Å². The first-order valence-electron chi connectivity index (χ1n) is 15.7. The molecule has 2 amide bonds. The van der Waals surface area contributed by atoms with Crippen LogP contribution in [-0.4, -0.2) is 43.8 Å².